The second-order valence-electron chi connectivity index (χ2n) is 12.2. The van der Waals surface area contributed by atoms with Gasteiger partial charge in [0.05, 0.1) is 39.9 Å². The molecule has 0 aliphatic rings. The molecule has 8 aromatic heterocycles. The summed E-state index contributed by atoms with van der Waals surface area (Å²) in [6, 6.07) is 22.8. The number of aromatic nitrogens is 10. The zero-order chi connectivity index (χ0) is 40.3. The number of pyridine rings is 6. The summed E-state index contributed by atoms with van der Waals surface area (Å²) in [5.41, 5.74) is 24.3. The van der Waals surface area contributed by atoms with Crippen LogP contribution in [0.5, 0.6) is 0 Å². The van der Waals surface area contributed by atoms with Crippen molar-refractivity contribution in [2.45, 2.75) is 25.9 Å². The molecule has 2 unspecified atom stereocenters. The zero-order valence-electron chi connectivity index (χ0n) is 30.5. The Bertz CT molecular complexity index is 2720. The SMILES string of the molecule is CC(N)c1nc2ccncc2cc1-c1ccccn1.CC(Nc1ncnc(N)c1C#N)c1nc2ccncc2cc1-c1ccccn1.N#Cc1c(N)ncnc1Cl. The molecule has 0 aliphatic heterocycles. The van der Waals surface area contributed by atoms with Gasteiger partial charge in [-0.3, -0.25) is 24.9 Å². The highest BCUT2D eigenvalue weighted by Gasteiger charge is 2.19. The van der Waals surface area contributed by atoms with Crippen LogP contribution in [0.2, 0.25) is 5.15 Å². The highest BCUT2D eigenvalue weighted by atomic mass is 35.5. The fraction of sp³-hybridized carbons (Fsp3) is 0.100. The number of anilines is 3. The Balaban J connectivity index is 0.000000162. The number of hydrogen-bond donors (Lipinski definition) is 4. The van der Waals surface area contributed by atoms with Crippen LogP contribution in [0.25, 0.3) is 44.3 Å². The van der Waals surface area contributed by atoms with E-state index in [9.17, 15) is 5.26 Å². The first-order valence-electron chi connectivity index (χ1n) is 17.2. The van der Waals surface area contributed by atoms with Crippen molar-refractivity contribution in [1.82, 2.24) is 49.8 Å². The van der Waals surface area contributed by atoms with E-state index in [1.165, 1.54) is 12.7 Å². The molecule has 0 amide bonds. The van der Waals surface area contributed by atoms with Gasteiger partial charge in [-0.1, -0.05) is 23.7 Å². The van der Waals surface area contributed by atoms with Gasteiger partial charge in [-0.2, -0.15) is 10.5 Å². The molecule has 2 atom stereocenters. The molecule has 0 bridgehead atoms. The predicted octanol–water partition coefficient (Wildman–Crippen LogP) is 6.40. The second kappa shape index (κ2) is 18.0. The summed E-state index contributed by atoms with van der Waals surface area (Å²) in [6.45, 7) is 3.88. The Kier molecular flexibility index (Phi) is 12.3. The van der Waals surface area contributed by atoms with Crippen LogP contribution >= 0.6 is 11.6 Å². The van der Waals surface area contributed by atoms with Crippen LogP contribution in [0.4, 0.5) is 17.5 Å². The number of halogens is 1. The molecule has 57 heavy (non-hydrogen) atoms. The van der Waals surface area contributed by atoms with Gasteiger partial charge < -0.3 is 22.5 Å². The number of nitriles is 2. The molecule has 0 spiro atoms. The molecular formula is C40H33ClN16. The summed E-state index contributed by atoms with van der Waals surface area (Å²) in [7, 11) is 0. The minimum absolute atomic E-state index is 0.0926. The van der Waals surface area contributed by atoms with E-state index in [1.54, 1.807) is 43.3 Å². The van der Waals surface area contributed by atoms with Crippen LogP contribution in [0.15, 0.2) is 110 Å². The third kappa shape index (κ3) is 9.13. The molecule has 280 valence electrons. The third-order valence-electron chi connectivity index (χ3n) is 8.30. The largest absolute Gasteiger partial charge is 0.382 e. The van der Waals surface area contributed by atoms with E-state index < -0.39 is 0 Å². The van der Waals surface area contributed by atoms with Crippen molar-refractivity contribution in [1.29, 1.82) is 10.5 Å². The minimum Gasteiger partial charge on any atom is -0.382 e. The van der Waals surface area contributed by atoms with Gasteiger partial charge in [0.15, 0.2) is 5.15 Å². The van der Waals surface area contributed by atoms with Crippen molar-refractivity contribution in [3.8, 4) is 34.7 Å². The van der Waals surface area contributed by atoms with Crippen molar-refractivity contribution < 1.29 is 0 Å². The van der Waals surface area contributed by atoms with Gasteiger partial charge in [0.2, 0.25) is 0 Å². The zero-order valence-corrected chi connectivity index (χ0v) is 31.3. The topological polar surface area (TPSA) is 267 Å². The summed E-state index contributed by atoms with van der Waals surface area (Å²) in [5, 5.41) is 23.0. The Morgan fingerprint density at radius 1 is 0.649 bits per heavy atom. The first-order chi connectivity index (χ1) is 27.7. The van der Waals surface area contributed by atoms with E-state index in [4.69, 9.17) is 39.0 Å². The van der Waals surface area contributed by atoms with Crippen molar-refractivity contribution in [2.24, 2.45) is 5.73 Å². The van der Waals surface area contributed by atoms with E-state index in [2.05, 4.69) is 56.2 Å². The number of nitrogens with zero attached hydrogens (tertiary/aromatic N) is 12. The molecule has 0 aliphatic carbocycles. The lowest BCUT2D eigenvalue weighted by Gasteiger charge is -2.19. The second-order valence-corrected chi connectivity index (χ2v) is 12.6. The quantitative estimate of drug-likeness (QED) is 0.133. The van der Waals surface area contributed by atoms with Gasteiger partial charge in [-0.25, -0.2) is 24.9 Å². The molecular weight excluding hydrogens is 740 g/mol. The maximum atomic E-state index is 9.37. The maximum absolute atomic E-state index is 9.37. The van der Waals surface area contributed by atoms with Crippen LogP contribution in [-0.4, -0.2) is 49.8 Å². The van der Waals surface area contributed by atoms with Crippen LogP contribution < -0.4 is 22.5 Å². The number of nitrogens with two attached hydrogens (primary N) is 3. The molecule has 0 aromatic carbocycles. The Hall–Kier alpha value is -7.79. The number of hydrogen-bond acceptors (Lipinski definition) is 16. The van der Waals surface area contributed by atoms with Crippen molar-refractivity contribution >= 4 is 50.9 Å². The first-order valence-corrected chi connectivity index (χ1v) is 17.6. The van der Waals surface area contributed by atoms with Gasteiger partial charge in [-0.05, 0) is 62.4 Å². The van der Waals surface area contributed by atoms with E-state index in [1.807, 2.05) is 74.5 Å². The molecule has 8 rings (SSSR count). The number of fused-ring (bicyclic) bond motifs is 2. The summed E-state index contributed by atoms with van der Waals surface area (Å²) >= 11 is 5.48. The van der Waals surface area contributed by atoms with Crippen LogP contribution in [0, 0.1) is 22.7 Å². The number of rotatable bonds is 6. The summed E-state index contributed by atoms with van der Waals surface area (Å²) in [5.74, 6) is 0.614. The van der Waals surface area contributed by atoms with Gasteiger partial charge in [0, 0.05) is 65.1 Å². The molecule has 8 heterocycles. The Morgan fingerprint density at radius 2 is 1.18 bits per heavy atom. The lowest BCUT2D eigenvalue weighted by molar-refractivity contribution is 0.788. The first kappa shape index (κ1) is 38.9. The van der Waals surface area contributed by atoms with E-state index in [0.29, 0.717) is 5.82 Å². The monoisotopic (exact) mass is 772 g/mol. The third-order valence-corrected chi connectivity index (χ3v) is 8.58. The average molecular weight is 773 g/mol. The molecule has 17 heteroatoms. The molecule has 0 radical (unpaired) electrons. The Morgan fingerprint density at radius 3 is 1.67 bits per heavy atom. The standard InChI is InChI=1S/C20H16N8.C15H14N4.C5H3ClN4/c1-12(27-20-15(9-21)19(22)25-11-26-20)18-14(17-4-2-3-6-24-17)8-13-10-23-7-5-16(13)28-18;1-10(16)15-12(14-4-2-3-6-18-14)8-11-9-17-7-5-13(11)19-15;6-4-3(1-7)5(8)10-2-9-4/h2-8,10-12H,1H3,(H3,22,25,26,27);2-10H,16H2,1H3;2H,(H2,8,9,10). The van der Waals surface area contributed by atoms with Gasteiger partial charge in [0.1, 0.15) is 53.4 Å². The smallest absolute Gasteiger partial charge is 0.152 e. The summed E-state index contributed by atoms with van der Waals surface area (Å²) in [6.07, 6.45) is 13.1. The van der Waals surface area contributed by atoms with Crippen LogP contribution in [0.1, 0.15) is 48.4 Å². The minimum atomic E-state index is -0.268. The highest BCUT2D eigenvalue weighted by Crippen LogP contribution is 2.31. The average Bonchev–Trinajstić information content (AvgIpc) is 3.24. The Labute approximate surface area is 331 Å². The molecule has 0 saturated carbocycles. The molecule has 7 N–H and O–H groups in total. The predicted molar refractivity (Wildman–Crippen MR) is 218 cm³/mol. The van der Waals surface area contributed by atoms with Crippen molar-refractivity contribution in [2.75, 3.05) is 16.8 Å². The summed E-state index contributed by atoms with van der Waals surface area (Å²) < 4.78 is 0. The normalized spacial score (nSPS) is 11.5. The maximum Gasteiger partial charge on any atom is 0.152 e. The van der Waals surface area contributed by atoms with Crippen molar-refractivity contribution in [3.05, 3.63) is 138 Å². The van der Waals surface area contributed by atoms with Crippen LogP contribution in [-0.2, 0) is 0 Å². The lowest BCUT2D eigenvalue weighted by atomic mass is 10.0. The number of nitrogen functional groups attached to an aromatic ring is 2. The van der Waals surface area contributed by atoms with E-state index in [0.717, 1.165) is 55.7 Å². The van der Waals surface area contributed by atoms with Gasteiger partial charge >= 0.3 is 0 Å². The molecule has 16 nitrogen and oxygen atoms in total. The summed E-state index contributed by atoms with van der Waals surface area (Å²) in [4.78, 5) is 41.8. The van der Waals surface area contributed by atoms with Gasteiger partial charge in [-0.15, -0.1) is 0 Å². The lowest BCUT2D eigenvalue weighted by Crippen LogP contribution is -2.14. The van der Waals surface area contributed by atoms with Crippen molar-refractivity contribution in [3.63, 3.8) is 0 Å². The van der Waals surface area contributed by atoms with E-state index >= 15 is 0 Å². The fourth-order valence-corrected chi connectivity index (χ4v) is 5.75. The van der Waals surface area contributed by atoms with E-state index in [-0.39, 0.29) is 40.0 Å². The highest BCUT2D eigenvalue weighted by molar-refractivity contribution is 6.30. The molecule has 8 aromatic rings. The molecule has 0 fully saturated rings. The van der Waals surface area contributed by atoms with Crippen LogP contribution in [0.3, 0.4) is 0 Å². The fourth-order valence-electron chi connectivity index (χ4n) is 5.57. The molecule has 0 saturated heterocycles. The van der Waals surface area contributed by atoms with Gasteiger partial charge in [0.25, 0.3) is 0 Å². The number of nitrogens with one attached hydrogen (secondary N) is 1.